The molecular weight excluding hydrogens is 160 g/mol. The molecule has 0 heterocycles. The lowest BCUT2D eigenvalue weighted by molar-refractivity contribution is -0.111. The molecule has 72 valence electrons. The molecule has 0 saturated carbocycles. The summed E-state index contributed by atoms with van der Waals surface area (Å²) in [4.78, 5) is 10.7. The SMILES string of the molecule is O=CC1C/C=C\CC/C=C\CCC1. The van der Waals surface area contributed by atoms with Crippen molar-refractivity contribution < 1.29 is 4.79 Å². The standard InChI is InChI=1S/C12H18O/c13-11-12-9-7-5-3-1-2-4-6-8-10-12/h1,3,6,8,11-12H,2,4-5,7,9-10H2/b3-1-,8-6-. The van der Waals surface area contributed by atoms with Gasteiger partial charge in [-0.25, -0.2) is 0 Å². The van der Waals surface area contributed by atoms with Crippen LogP contribution in [0.3, 0.4) is 0 Å². The highest BCUT2D eigenvalue weighted by Crippen LogP contribution is 2.13. The zero-order chi connectivity index (χ0) is 9.36. The number of allylic oxidation sites excluding steroid dienone is 4. The van der Waals surface area contributed by atoms with E-state index in [-0.39, 0.29) is 5.92 Å². The average Bonchev–Trinajstić information content (AvgIpc) is 2.22. The molecule has 0 aromatic carbocycles. The predicted octanol–water partition coefficient (Wildman–Crippen LogP) is 3.27. The van der Waals surface area contributed by atoms with E-state index >= 15 is 0 Å². The fraction of sp³-hybridized carbons (Fsp3) is 0.583. The van der Waals surface area contributed by atoms with Crippen LogP contribution >= 0.6 is 0 Å². The van der Waals surface area contributed by atoms with E-state index < -0.39 is 0 Å². The van der Waals surface area contributed by atoms with Gasteiger partial charge in [0.15, 0.2) is 0 Å². The van der Waals surface area contributed by atoms with Gasteiger partial charge < -0.3 is 4.79 Å². The summed E-state index contributed by atoms with van der Waals surface area (Å²) < 4.78 is 0. The van der Waals surface area contributed by atoms with Crippen LogP contribution in [0.25, 0.3) is 0 Å². The van der Waals surface area contributed by atoms with Crippen molar-refractivity contribution in [1.29, 1.82) is 0 Å². The molecular formula is C12H18O. The van der Waals surface area contributed by atoms with Crippen molar-refractivity contribution in [2.45, 2.75) is 38.5 Å². The maximum absolute atomic E-state index is 10.7. The number of hydrogen-bond donors (Lipinski definition) is 0. The van der Waals surface area contributed by atoms with Gasteiger partial charge in [-0.05, 0) is 38.5 Å². The normalized spacial score (nSPS) is 30.0. The Morgan fingerprint density at radius 1 is 1.00 bits per heavy atom. The van der Waals surface area contributed by atoms with Gasteiger partial charge in [0.05, 0.1) is 0 Å². The molecule has 0 N–H and O–H groups in total. The third kappa shape index (κ3) is 4.66. The summed E-state index contributed by atoms with van der Waals surface area (Å²) in [6.45, 7) is 0. The van der Waals surface area contributed by atoms with Crippen molar-refractivity contribution in [3.8, 4) is 0 Å². The average molecular weight is 178 g/mol. The Labute approximate surface area is 80.5 Å². The van der Waals surface area contributed by atoms with Gasteiger partial charge in [0.25, 0.3) is 0 Å². The summed E-state index contributed by atoms with van der Waals surface area (Å²) in [5.74, 6) is 0.253. The predicted molar refractivity (Wildman–Crippen MR) is 55.5 cm³/mol. The Morgan fingerprint density at radius 3 is 2.46 bits per heavy atom. The van der Waals surface area contributed by atoms with Gasteiger partial charge in [0.1, 0.15) is 6.29 Å². The minimum atomic E-state index is 0.253. The maximum Gasteiger partial charge on any atom is 0.123 e. The molecule has 1 heteroatoms. The molecule has 0 amide bonds. The highest BCUT2D eigenvalue weighted by molar-refractivity contribution is 5.53. The molecule has 0 aromatic heterocycles. The molecule has 0 fully saturated rings. The maximum atomic E-state index is 10.7. The van der Waals surface area contributed by atoms with Crippen LogP contribution in [0.1, 0.15) is 38.5 Å². The van der Waals surface area contributed by atoms with Crippen molar-refractivity contribution in [3.05, 3.63) is 24.3 Å². The summed E-state index contributed by atoms with van der Waals surface area (Å²) in [5, 5.41) is 0. The van der Waals surface area contributed by atoms with Gasteiger partial charge in [-0.1, -0.05) is 24.3 Å². The van der Waals surface area contributed by atoms with Crippen LogP contribution in [-0.2, 0) is 4.79 Å². The first-order chi connectivity index (χ1) is 6.43. The van der Waals surface area contributed by atoms with Crippen LogP contribution in [0.4, 0.5) is 0 Å². The van der Waals surface area contributed by atoms with Crippen LogP contribution in [0.5, 0.6) is 0 Å². The van der Waals surface area contributed by atoms with Gasteiger partial charge in [-0.3, -0.25) is 0 Å². The highest BCUT2D eigenvalue weighted by atomic mass is 16.1. The third-order valence-electron chi connectivity index (χ3n) is 2.41. The Morgan fingerprint density at radius 2 is 1.69 bits per heavy atom. The van der Waals surface area contributed by atoms with E-state index in [9.17, 15) is 4.79 Å². The Hall–Kier alpha value is -0.850. The number of aldehydes is 1. The van der Waals surface area contributed by atoms with Crippen LogP contribution in [0, 0.1) is 5.92 Å². The molecule has 0 aliphatic heterocycles. The number of rotatable bonds is 1. The van der Waals surface area contributed by atoms with E-state index in [2.05, 4.69) is 24.3 Å². The van der Waals surface area contributed by atoms with E-state index in [0.717, 1.165) is 44.8 Å². The largest absolute Gasteiger partial charge is 0.303 e. The lowest BCUT2D eigenvalue weighted by Crippen LogP contribution is -1.99. The molecule has 0 bridgehead atoms. The zero-order valence-corrected chi connectivity index (χ0v) is 8.11. The highest BCUT2D eigenvalue weighted by Gasteiger charge is 2.03. The van der Waals surface area contributed by atoms with Crippen molar-refractivity contribution in [1.82, 2.24) is 0 Å². The van der Waals surface area contributed by atoms with E-state index in [0.29, 0.717) is 0 Å². The van der Waals surface area contributed by atoms with Gasteiger partial charge in [0.2, 0.25) is 0 Å². The molecule has 1 atom stereocenters. The molecule has 1 aliphatic rings. The van der Waals surface area contributed by atoms with Crippen molar-refractivity contribution in [3.63, 3.8) is 0 Å². The minimum absolute atomic E-state index is 0.253. The fourth-order valence-electron chi connectivity index (χ4n) is 1.56. The molecule has 1 nitrogen and oxygen atoms in total. The number of carbonyl (C=O) groups excluding carboxylic acids is 1. The van der Waals surface area contributed by atoms with E-state index in [1.54, 1.807) is 0 Å². The van der Waals surface area contributed by atoms with E-state index in [4.69, 9.17) is 0 Å². The number of hydrogen-bond acceptors (Lipinski definition) is 1. The summed E-state index contributed by atoms with van der Waals surface area (Å²) in [6.07, 6.45) is 16.4. The lowest BCUT2D eigenvalue weighted by Gasteiger charge is -2.04. The fourth-order valence-corrected chi connectivity index (χ4v) is 1.56. The summed E-state index contributed by atoms with van der Waals surface area (Å²) >= 11 is 0. The van der Waals surface area contributed by atoms with Crippen LogP contribution in [-0.4, -0.2) is 6.29 Å². The minimum Gasteiger partial charge on any atom is -0.303 e. The molecule has 1 rings (SSSR count). The third-order valence-corrected chi connectivity index (χ3v) is 2.41. The second-order valence-corrected chi connectivity index (χ2v) is 3.58. The molecule has 1 aliphatic carbocycles. The van der Waals surface area contributed by atoms with Crippen molar-refractivity contribution >= 4 is 6.29 Å². The Bertz CT molecular complexity index is 191. The zero-order valence-electron chi connectivity index (χ0n) is 8.11. The molecule has 0 saturated heterocycles. The molecule has 0 aromatic rings. The first-order valence-corrected chi connectivity index (χ1v) is 5.19. The molecule has 0 radical (unpaired) electrons. The first-order valence-electron chi connectivity index (χ1n) is 5.19. The van der Waals surface area contributed by atoms with Gasteiger partial charge in [-0.15, -0.1) is 0 Å². The summed E-state index contributed by atoms with van der Waals surface area (Å²) in [5.41, 5.74) is 0. The van der Waals surface area contributed by atoms with E-state index in [1.807, 2.05) is 0 Å². The van der Waals surface area contributed by atoms with Crippen molar-refractivity contribution in [2.75, 3.05) is 0 Å². The second-order valence-electron chi connectivity index (χ2n) is 3.58. The van der Waals surface area contributed by atoms with Crippen molar-refractivity contribution in [2.24, 2.45) is 5.92 Å². The summed E-state index contributed by atoms with van der Waals surface area (Å²) in [6, 6.07) is 0. The quantitative estimate of drug-likeness (QED) is 0.445. The Kier molecular flexibility index (Phi) is 5.23. The molecule has 1 unspecified atom stereocenters. The van der Waals surface area contributed by atoms with Crippen LogP contribution in [0.15, 0.2) is 24.3 Å². The monoisotopic (exact) mass is 178 g/mol. The Balaban J connectivity index is 2.40. The summed E-state index contributed by atoms with van der Waals surface area (Å²) in [7, 11) is 0. The van der Waals surface area contributed by atoms with Gasteiger partial charge >= 0.3 is 0 Å². The first kappa shape index (κ1) is 10.2. The van der Waals surface area contributed by atoms with Crippen LogP contribution < -0.4 is 0 Å². The lowest BCUT2D eigenvalue weighted by atomic mass is 10.00. The number of carbonyl (C=O) groups is 1. The molecule has 13 heavy (non-hydrogen) atoms. The van der Waals surface area contributed by atoms with E-state index in [1.165, 1.54) is 0 Å². The van der Waals surface area contributed by atoms with Gasteiger partial charge in [0, 0.05) is 5.92 Å². The van der Waals surface area contributed by atoms with Gasteiger partial charge in [-0.2, -0.15) is 0 Å². The second kappa shape index (κ2) is 6.64. The topological polar surface area (TPSA) is 17.1 Å². The van der Waals surface area contributed by atoms with Crippen LogP contribution in [0.2, 0.25) is 0 Å². The molecule has 0 spiro atoms. The smallest absolute Gasteiger partial charge is 0.123 e.